The molecule has 1 aromatic rings. The van der Waals surface area contributed by atoms with Crippen LogP contribution >= 0.6 is 54.5 Å². The van der Waals surface area contributed by atoms with Crippen LogP contribution in [0.1, 0.15) is 0 Å². The van der Waals surface area contributed by atoms with E-state index in [1.165, 1.54) is 3.57 Å². The molecule has 0 aliphatic heterocycles. The average Bonchev–Trinajstić information content (AvgIpc) is 1.83. The van der Waals surface area contributed by atoms with Crippen LogP contribution in [0.15, 0.2) is 27.1 Å². The van der Waals surface area contributed by atoms with Crippen LogP contribution in [-0.4, -0.2) is 0 Å². The quantitative estimate of drug-likeness (QED) is 0.487. The molecule has 1 rings (SSSR count). The molecule has 1 aromatic carbocycles. The van der Waals surface area contributed by atoms with Crippen LogP contribution in [0.5, 0.6) is 0 Å². The fourth-order valence-electron chi connectivity index (χ4n) is 0.477. The molecule has 0 N–H and O–H groups in total. The fourth-order valence-corrected chi connectivity index (χ4v) is 1.84. The number of rotatable bonds is 0. The Bertz CT molecular complexity index is 202. The minimum atomic E-state index is 1.14. The lowest BCUT2D eigenvalue weighted by atomic mass is 10.4. The Morgan fingerprint density at radius 3 is 1.89 bits per heavy atom. The number of halogens is 3. The third-order valence-corrected chi connectivity index (χ3v) is 4.87. The first kappa shape index (κ1) is 8.01. The minimum Gasteiger partial charge on any atom is -0.0599 e. The molecule has 9 heavy (non-hydrogen) atoms. The van der Waals surface area contributed by atoms with E-state index in [0.717, 1.165) is 8.95 Å². The SMILES string of the molecule is Brc1cccc(Br)c1I. The maximum absolute atomic E-state index is 3.41. The zero-order valence-corrected chi connectivity index (χ0v) is 9.70. The van der Waals surface area contributed by atoms with Gasteiger partial charge in [0.15, 0.2) is 0 Å². The van der Waals surface area contributed by atoms with E-state index in [4.69, 9.17) is 0 Å². The number of hydrogen-bond acceptors (Lipinski definition) is 0. The smallest absolute Gasteiger partial charge is 0.0414 e. The Morgan fingerprint density at radius 2 is 1.56 bits per heavy atom. The molecule has 0 saturated carbocycles. The van der Waals surface area contributed by atoms with Crippen LogP contribution in [0.2, 0.25) is 0 Å². The van der Waals surface area contributed by atoms with Gasteiger partial charge >= 0.3 is 0 Å². The van der Waals surface area contributed by atoms with Gasteiger partial charge in [0.2, 0.25) is 0 Å². The lowest BCUT2D eigenvalue weighted by Crippen LogP contribution is -1.73. The molecule has 0 atom stereocenters. The fraction of sp³-hybridized carbons (Fsp3) is 0. The maximum atomic E-state index is 3.41. The van der Waals surface area contributed by atoms with E-state index in [1.807, 2.05) is 18.2 Å². The van der Waals surface area contributed by atoms with E-state index in [1.54, 1.807) is 0 Å². The van der Waals surface area contributed by atoms with Crippen molar-refractivity contribution in [3.63, 3.8) is 0 Å². The molecule has 3 heteroatoms. The summed E-state index contributed by atoms with van der Waals surface area (Å²) in [4.78, 5) is 0. The van der Waals surface area contributed by atoms with Gasteiger partial charge in [0.1, 0.15) is 0 Å². The van der Waals surface area contributed by atoms with E-state index < -0.39 is 0 Å². The molecule has 0 saturated heterocycles. The van der Waals surface area contributed by atoms with Crippen molar-refractivity contribution in [1.29, 1.82) is 0 Å². The summed E-state index contributed by atoms with van der Waals surface area (Å²) in [7, 11) is 0. The standard InChI is InChI=1S/C6H3Br2I/c7-4-2-1-3-5(8)6(4)9/h1-3H. The summed E-state index contributed by atoms with van der Waals surface area (Å²) < 4.78 is 3.49. The summed E-state index contributed by atoms with van der Waals surface area (Å²) >= 11 is 9.09. The van der Waals surface area contributed by atoms with Crippen LogP contribution in [0.25, 0.3) is 0 Å². The molecule has 0 nitrogen and oxygen atoms in total. The molecule has 0 spiro atoms. The molecule has 0 fully saturated rings. The zero-order valence-electron chi connectivity index (χ0n) is 4.37. The molecule has 0 amide bonds. The van der Waals surface area contributed by atoms with Gasteiger partial charge in [-0.25, -0.2) is 0 Å². The van der Waals surface area contributed by atoms with Crippen LogP contribution in [0.3, 0.4) is 0 Å². The summed E-state index contributed by atoms with van der Waals surface area (Å²) in [5.74, 6) is 0. The zero-order chi connectivity index (χ0) is 6.85. The molecule has 0 aliphatic rings. The Labute approximate surface area is 84.4 Å². The van der Waals surface area contributed by atoms with Gasteiger partial charge in [-0.1, -0.05) is 6.07 Å². The van der Waals surface area contributed by atoms with Gasteiger partial charge < -0.3 is 0 Å². The largest absolute Gasteiger partial charge is 0.0599 e. The summed E-state index contributed by atoms with van der Waals surface area (Å²) in [5, 5.41) is 0. The Morgan fingerprint density at radius 1 is 1.11 bits per heavy atom. The summed E-state index contributed by atoms with van der Waals surface area (Å²) in [6.45, 7) is 0. The van der Waals surface area contributed by atoms with E-state index in [0.29, 0.717) is 0 Å². The van der Waals surface area contributed by atoms with Gasteiger partial charge in [0.25, 0.3) is 0 Å². The number of hydrogen-bond donors (Lipinski definition) is 0. The molecule has 48 valence electrons. The van der Waals surface area contributed by atoms with Gasteiger partial charge in [0.05, 0.1) is 0 Å². The highest BCUT2D eigenvalue weighted by Gasteiger charge is 1.97. The van der Waals surface area contributed by atoms with Crippen molar-refractivity contribution < 1.29 is 0 Å². The average molecular weight is 362 g/mol. The van der Waals surface area contributed by atoms with Gasteiger partial charge in [-0.2, -0.15) is 0 Å². The third-order valence-electron chi connectivity index (χ3n) is 0.904. The van der Waals surface area contributed by atoms with Gasteiger partial charge in [-0.15, -0.1) is 0 Å². The normalized spacial score (nSPS) is 9.67. The number of benzene rings is 1. The maximum Gasteiger partial charge on any atom is 0.0414 e. The van der Waals surface area contributed by atoms with Crippen LogP contribution < -0.4 is 0 Å². The molecule has 0 aliphatic carbocycles. The molecule has 0 unspecified atom stereocenters. The summed E-state index contributed by atoms with van der Waals surface area (Å²) in [6, 6.07) is 6.04. The molecule has 0 bridgehead atoms. The summed E-state index contributed by atoms with van der Waals surface area (Å²) in [6.07, 6.45) is 0. The third kappa shape index (κ3) is 1.91. The minimum absolute atomic E-state index is 1.14. The lowest BCUT2D eigenvalue weighted by Gasteiger charge is -1.95. The van der Waals surface area contributed by atoms with E-state index in [9.17, 15) is 0 Å². The molecular formula is C6H3Br2I. The topological polar surface area (TPSA) is 0 Å². The van der Waals surface area contributed by atoms with E-state index in [2.05, 4.69) is 54.5 Å². The first-order chi connectivity index (χ1) is 4.22. The monoisotopic (exact) mass is 360 g/mol. The predicted molar refractivity (Wildman–Crippen MR) is 54.6 cm³/mol. The van der Waals surface area contributed by atoms with Crippen LogP contribution in [-0.2, 0) is 0 Å². The van der Waals surface area contributed by atoms with Crippen molar-refractivity contribution in [3.05, 3.63) is 30.7 Å². The Hall–Kier alpha value is 0.910. The van der Waals surface area contributed by atoms with Gasteiger partial charge in [0, 0.05) is 12.5 Å². The molecule has 0 heterocycles. The second-order valence-corrected chi connectivity index (χ2v) is 4.32. The van der Waals surface area contributed by atoms with E-state index in [-0.39, 0.29) is 0 Å². The van der Waals surface area contributed by atoms with Crippen LogP contribution in [0.4, 0.5) is 0 Å². The van der Waals surface area contributed by atoms with Crippen LogP contribution in [0, 0.1) is 3.57 Å². The van der Waals surface area contributed by atoms with Crippen molar-refractivity contribution >= 4 is 54.5 Å². The highest BCUT2D eigenvalue weighted by atomic mass is 127. The molecular weight excluding hydrogens is 359 g/mol. The Kier molecular flexibility index (Phi) is 2.98. The second-order valence-electron chi connectivity index (χ2n) is 1.54. The Balaban J connectivity index is 3.25. The van der Waals surface area contributed by atoms with Crippen molar-refractivity contribution in [2.45, 2.75) is 0 Å². The van der Waals surface area contributed by atoms with Crippen molar-refractivity contribution in [1.82, 2.24) is 0 Å². The second kappa shape index (κ2) is 3.34. The van der Waals surface area contributed by atoms with Crippen molar-refractivity contribution in [2.24, 2.45) is 0 Å². The molecule has 0 aromatic heterocycles. The van der Waals surface area contributed by atoms with Crippen molar-refractivity contribution in [3.8, 4) is 0 Å². The summed E-state index contributed by atoms with van der Waals surface area (Å²) in [5.41, 5.74) is 0. The van der Waals surface area contributed by atoms with Gasteiger partial charge in [-0.05, 0) is 66.6 Å². The van der Waals surface area contributed by atoms with Gasteiger partial charge in [-0.3, -0.25) is 0 Å². The van der Waals surface area contributed by atoms with Crippen molar-refractivity contribution in [2.75, 3.05) is 0 Å². The predicted octanol–water partition coefficient (Wildman–Crippen LogP) is 3.82. The van der Waals surface area contributed by atoms with E-state index >= 15 is 0 Å². The first-order valence-corrected chi connectivity index (χ1v) is 4.98. The highest BCUT2D eigenvalue weighted by Crippen LogP contribution is 2.25. The highest BCUT2D eigenvalue weighted by molar-refractivity contribution is 14.1. The first-order valence-electron chi connectivity index (χ1n) is 2.31. The lowest BCUT2D eigenvalue weighted by molar-refractivity contribution is 1.53. The molecule has 0 radical (unpaired) electrons.